The van der Waals surface area contributed by atoms with Crippen LogP contribution in [0, 0.1) is 5.92 Å². The standard InChI is InChI=1S/C11H24S/c1-5-8-11(4,12)9-7-10(3)6-2/h10,12H,5-9H2,1-4H3. The molecule has 2 unspecified atom stereocenters. The van der Waals surface area contributed by atoms with Gasteiger partial charge in [0.05, 0.1) is 0 Å². The minimum atomic E-state index is 0.276. The molecule has 0 saturated carbocycles. The van der Waals surface area contributed by atoms with Crippen LogP contribution >= 0.6 is 12.6 Å². The zero-order chi connectivity index (χ0) is 9.61. The van der Waals surface area contributed by atoms with E-state index in [1.165, 1.54) is 32.1 Å². The van der Waals surface area contributed by atoms with Crippen LogP contribution in [0.2, 0.25) is 0 Å². The number of hydrogen-bond acceptors (Lipinski definition) is 1. The first-order valence-corrected chi connectivity index (χ1v) is 5.69. The average Bonchev–Trinajstić information content (AvgIpc) is 2.00. The molecule has 0 aliphatic carbocycles. The molecule has 0 radical (unpaired) electrons. The summed E-state index contributed by atoms with van der Waals surface area (Å²) in [5.41, 5.74) is 0. The van der Waals surface area contributed by atoms with E-state index in [1.807, 2.05) is 0 Å². The van der Waals surface area contributed by atoms with Gasteiger partial charge in [-0.3, -0.25) is 0 Å². The van der Waals surface area contributed by atoms with Crippen molar-refractivity contribution in [3.8, 4) is 0 Å². The van der Waals surface area contributed by atoms with Crippen LogP contribution in [0.5, 0.6) is 0 Å². The SMILES string of the molecule is CCCC(C)(S)CCC(C)CC. The smallest absolute Gasteiger partial charge is 0.0101 e. The highest BCUT2D eigenvalue weighted by atomic mass is 32.1. The Morgan fingerprint density at radius 3 is 2.25 bits per heavy atom. The van der Waals surface area contributed by atoms with E-state index in [0.29, 0.717) is 0 Å². The molecule has 1 heteroatoms. The first-order chi connectivity index (χ1) is 5.52. The molecule has 0 rings (SSSR count). The summed E-state index contributed by atoms with van der Waals surface area (Å²) in [6, 6.07) is 0. The zero-order valence-electron chi connectivity index (χ0n) is 9.06. The van der Waals surface area contributed by atoms with Crippen molar-refractivity contribution in [1.29, 1.82) is 0 Å². The van der Waals surface area contributed by atoms with Gasteiger partial charge in [0, 0.05) is 4.75 Å². The summed E-state index contributed by atoms with van der Waals surface area (Å²) in [7, 11) is 0. The topological polar surface area (TPSA) is 0 Å². The Morgan fingerprint density at radius 1 is 1.25 bits per heavy atom. The summed E-state index contributed by atoms with van der Waals surface area (Å²) in [5.74, 6) is 0.869. The van der Waals surface area contributed by atoms with Gasteiger partial charge in [-0.05, 0) is 25.2 Å². The van der Waals surface area contributed by atoms with Gasteiger partial charge in [-0.15, -0.1) is 0 Å². The molecule has 0 fully saturated rings. The monoisotopic (exact) mass is 188 g/mol. The van der Waals surface area contributed by atoms with Crippen molar-refractivity contribution in [2.75, 3.05) is 0 Å². The van der Waals surface area contributed by atoms with E-state index in [9.17, 15) is 0 Å². The van der Waals surface area contributed by atoms with E-state index < -0.39 is 0 Å². The van der Waals surface area contributed by atoms with Crippen LogP contribution in [0.1, 0.15) is 59.8 Å². The van der Waals surface area contributed by atoms with Crippen LogP contribution in [0.15, 0.2) is 0 Å². The lowest BCUT2D eigenvalue weighted by molar-refractivity contribution is 0.432. The van der Waals surface area contributed by atoms with Crippen LogP contribution in [-0.2, 0) is 0 Å². The second-order valence-electron chi connectivity index (χ2n) is 4.30. The van der Waals surface area contributed by atoms with E-state index >= 15 is 0 Å². The highest BCUT2D eigenvalue weighted by Gasteiger charge is 2.17. The van der Waals surface area contributed by atoms with Gasteiger partial charge in [-0.25, -0.2) is 0 Å². The van der Waals surface area contributed by atoms with Gasteiger partial charge >= 0.3 is 0 Å². The van der Waals surface area contributed by atoms with Crippen LogP contribution < -0.4 is 0 Å². The highest BCUT2D eigenvalue weighted by molar-refractivity contribution is 7.81. The normalized spacial score (nSPS) is 18.8. The second-order valence-corrected chi connectivity index (χ2v) is 5.38. The maximum atomic E-state index is 4.68. The quantitative estimate of drug-likeness (QED) is 0.590. The van der Waals surface area contributed by atoms with Crippen LogP contribution in [-0.4, -0.2) is 4.75 Å². The van der Waals surface area contributed by atoms with Crippen molar-refractivity contribution in [3.63, 3.8) is 0 Å². The molecule has 0 aliphatic heterocycles. The average molecular weight is 188 g/mol. The summed E-state index contributed by atoms with van der Waals surface area (Å²) >= 11 is 4.68. The maximum Gasteiger partial charge on any atom is 0.0101 e. The van der Waals surface area contributed by atoms with Crippen molar-refractivity contribution >= 4 is 12.6 Å². The molecule has 0 aliphatic rings. The van der Waals surface area contributed by atoms with Crippen LogP contribution in [0.25, 0.3) is 0 Å². The van der Waals surface area contributed by atoms with Crippen molar-refractivity contribution in [2.45, 2.75) is 64.5 Å². The Kier molecular flexibility index (Phi) is 6.08. The molecule has 74 valence electrons. The van der Waals surface area contributed by atoms with Gasteiger partial charge in [-0.1, -0.05) is 40.5 Å². The number of thiol groups is 1. The van der Waals surface area contributed by atoms with E-state index in [0.717, 1.165) is 5.92 Å². The molecule has 0 nitrogen and oxygen atoms in total. The largest absolute Gasteiger partial charge is 0.173 e. The van der Waals surface area contributed by atoms with Gasteiger partial charge in [0.25, 0.3) is 0 Å². The summed E-state index contributed by atoms with van der Waals surface area (Å²) in [5, 5.41) is 0. The molecule has 0 heterocycles. The number of rotatable bonds is 6. The van der Waals surface area contributed by atoms with Gasteiger partial charge in [-0.2, -0.15) is 12.6 Å². The van der Waals surface area contributed by atoms with E-state index in [2.05, 4.69) is 40.3 Å². The van der Waals surface area contributed by atoms with E-state index in [1.54, 1.807) is 0 Å². The molecule has 12 heavy (non-hydrogen) atoms. The van der Waals surface area contributed by atoms with Gasteiger partial charge in [0.15, 0.2) is 0 Å². The molecule has 0 N–H and O–H groups in total. The Bertz CT molecular complexity index is 108. The third-order valence-corrected chi connectivity index (χ3v) is 3.11. The molecule has 0 amide bonds. The summed E-state index contributed by atoms with van der Waals surface area (Å²) in [4.78, 5) is 0. The molecule has 0 aromatic rings. The van der Waals surface area contributed by atoms with Crippen LogP contribution in [0.4, 0.5) is 0 Å². The molecule has 2 atom stereocenters. The fraction of sp³-hybridized carbons (Fsp3) is 1.00. The van der Waals surface area contributed by atoms with E-state index in [-0.39, 0.29) is 4.75 Å². The van der Waals surface area contributed by atoms with Crippen molar-refractivity contribution < 1.29 is 0 Å². The maximum absolute atomic E-state index is 4.68. The lowest BCUT2D eigenvalue weighted by atomic mass is 9.93. The molecule has 0 bridgehead atoms. The molecule has 0 spiro atoms. The minimum Gasteiger partial charge on any atom is -0.173 e. The van der Waals surface area contributed by atoms with Crippen molar-refractivity contribution in [2.24, 2.45) is 5.92 Å². The first kappa shape index (κ1) is 12.3. The predicted octanol–water partition coefficient (Wildman–Crippen LogP) is 4.30. The molecular formula is C11H24S. The third kappa shape index (κ3) is 5.93. The van der Waals surface area contributed by atoms with Crippen molar-refractivity contribution in [1.82, 2.24) is 0 Å². The fourth-order valence-corrected chi connectivity index (χ4v) is 1.78. The summed E-state index contributed by atoms with van der Waals surface area (Å²) < 4.78 is 0.276. The molecule has 0 aromatic heterocycles. The summed E-state index contributed by atoms with van der Waals surface area (Å²) in [6.45, 7) is 9.09. The second kappa shape index (κ2) is 5.90. The lowest BCUT2D eigenvalue weighted by Crippen LogP contribution is -2.17. The lowest BCUT2D eigenvalue weighted by Gasteiger charge is -2.24. The Labute approximate surface area is 83.5 Å². The van der Waals surface area contributed by atoms with Crippen LogP contribution in [0.3, 0.4) is 0 Å². The first-order valence-electron chi connectivity index (χ1n) is 5.24. The molecular weight excluding hydrogens is 164 g/mol. The number of hydrogen-bond donors (Lipinski definition) is 1. The minimum absolute atomic E-state index is 0.276. The van der Waals surface area contributed by atoms with Gasteiger partial charge in [0.2, 0.25) is 0 Å². The Hall–Kier alpha value is 0.350. The van der Waals surface area contributed by atoms with Gasteiger partial charge < -0.3 is 0 Å². The third-order valence-electron chi connectivity index (χ3n) is 2.66. The molecule has 0 saturated heterocycles. The Balaban J connectivity index is 3.59. The molecule has 0 aromatic carbocycles. The highest BCUT2D eigenvalue weighted by Crippen LogP contribution is 2.28. The van der Waals surface area contributed by atoms with Gasteiger partial charge in [0.1, 0.15) is 0 Å². The zero-order valence-corrected chi connectivity index (χ0v) is 9.95. The van der Waals surface area contributed by atoms with E-state index in [4.69, 9.17) is 0 Å². The van der Waals surface area contributed by atoms with Crippen molar-refractivity contribution in [3.05, 3.63) is 0 Å². The predicted molar refractivity (Wildman–Crippen MR) is 61.0 cm³/mol. The summed E-state index contributed by atoms with van der Waals surface area (Å²) in [6.07, 6.45) is 6.39. The Morgan fingerprint density at radius 2 is 1.83 bits per heavy atom. The fourth-order valence-electron chi connectivity index (χ4n) is 1.43.